The van der Waals surface area contributed by atoms with Gasteiger partial charge in [0.1, 0.15) is 6.10 Å². The van der Waals surface area contributed by atoms with Crippen molar-refractivity contribution in [3.8, 4) is 0 Å². The van der Waals surface area contributed by atoms with Crippen molar-refractivity contribution in [3.05, 3.63) is 33.4 Å². The van der Waals surface area contributed by atoms with E-state index in [1.54, 1.807) is 12.1 Å². The van der Waals surface area contributed by atoms with Crippen LogP contribution in [-0.4, -0.2) is 22.9 Å². The number of aliphatic hydroxyl groups is 2. The Hall–Kier alpha value is -0.170. The maximum atomic E-state index is 9.55. The summed E-state index contributed by atoms with van der Waals surface area (Å²) in [5, 5.41) is 18.8. The molecule has 3 nitrogen and oxygen atoms in total. The molecule has 0 fully saturated rings. The van der Waals surface area contributed by atoms with Gasteiger partial charge in [-0.2, -0.15) is 0 Å². The van der Waals surface area contributed by atoms with Crippen molar-refractivity contribution in [2.24, 2.45) is 5.73 Å². The molecule has 0 saturated carbocycles. The molecule has 0 bridgehead atoms. The summed E-state index contributed by atoms with van der Waals surface area (Å²) in [6.45, 7) is 0.0627. The molecule has 1 rings (SSSR count). The number of aliphatic hydroxyl groups excluding tert-OH is 2. The Morgan fingerprint density at radius 2 is 1.77 bits per heavy atom. The van der Waals surface area contributed by atoms with Gasteiger partial charge in [-0.05, 0) is 40.3 Å². The first-order valence-electron chi connectivity index (χ1n) is 3.97. The molecule has 0 heterocycles. The van der Waals surface area contributed by atoms with Gasteiger partial charge in [0.15, 0.2) is 0 Å². The average molecular weight is 293 g/mol. The summed E-state index contributed by atoms with van der Waals surface area (Å²) in [4.78, 5) is 0. The molecule has 0 aliphatic rings. The van der Waals surface area contributed by atoms with Crippen LogP contribution in [0.3, 0.4) is 0 Å². The third kappa shape index (κ3) is 2.91. The molecule has 2 unspecified atom stereocenters. The van der Waals surface area contributed by atoms with E-state index in [0.717, 1.165) is 3.57 Å². The van der Waals surface area contributed by atoms with Gasteiger partial charge in [0.25, 0.3) is 0 Å². The second-order valence-electron chi connectivity index (χ2n) is 2.80. The van der Waals surface area contributed by atoms with Crippen LogP contribution in [0.2, 0.25) is 0 Å². The Kier molecular flexibility index (Phi) is 4.11. The molecule has 0 radical (unpaired) electrons. The summed E-state index contributed by atoms with van der Waals surface area (Å²) < 4.78 is 1.09. The molecule has 0 aromatic heterocycles. The van der Waals surface area contributed by atoms with Crippen LogP contribution in [0, 0.1) is 3.57 Å². The van der Waals surface area contributed by atoms with Crippen LogP contribution < -0.4 is 5.73 Å². The molecule has 4 heteroatoms. The molecule has 0 spiro atoms. The highest BCUT2D eigenvalue weighted by molar-refractivity contribution is 14.1. The van der Waals surface area contributed by atoms with Gasteiger partial charge in [-0.15, -0.1) is 0 Å². The highest BCUT2D eigenvalue weighted by Crippen LogP contribution is 2.17. The lowest BCUT2D eigenvalue weighted by atomic mass is 10.1. The SMILES string of the molecule is NCC(O)C(O)c1ccc(I)cc1. The number of halogens is 1. The summed E-state index contributed by atoms with van der Waals surface area (Å²) in [6, 6.07) is 7.32. The molecule has 13 heavy (non-hydrogen) atoms. The van der Waals surface area contributed by atoms with E-state index in [9.17, 15) is 10.2 Å². The van der Waals surface area contributed by atoms with Gasteiger partial charge in [-0.3, -0.25) is 0 Å². The van der Waals surface area contributed by atoms with Crippen LogP contribution in [-0.2, 0) is 0 Å². The largest absolute Gasteiger partial charge is 0.389 e. The molecule has 0 amide bonds. The van der Waals surface area contributed by atoms with Crippen LogP contribution in [0.25, 0.3) is 0 Å². The fraction of sp³-hybridized carbons (Fsp3) is 0.333. The minimum atomic E-state index is -0.889. The molecule has 1 aromatic carbocycles. The number of nitrogens with two attached hydrogens (primary N) is 1. The maximum Gasteiger partial charge on any atom is 0.106 e. The molecule has 0 aliphatic carbocycles. The predicted octanol–water partition coefficient (Wildman–Crippen LogP) is 0.644. The average Bonchev–Trinajstić information content (AvgIpc) is 2.17. The summed E-state index contributed by atoms with van der Waals surface area (Å²) in [5.41, 5.74) is 5.92. The maximum absolute atomic E-state index is 9.55. The minimum Gasteiger partial charge on any atom is -0.389 e. The topological polar surface area (TPSA) is 66.5 Å². The van der Waals surface area contributed by atoms with Crippen LogP contribution in [0.4, 0.5) is 0 Å². The van der Waals surface area contributed by atoms with Gasteiger partial charge in [0.2, 0.25) is 0 Å². The van der Waals surface area contributed by atoms with Gasteiger partial charge in [-0.25, -0.2) is 0 Å². The predicted molar refractivity (Wildman–Crippen MR) is 59.2 cm³/mol. The van der Waals surface area contributed by atoms with E-state index in [1.165, 1.54) is 0 Å². The fourth-order valence-electron chi connectivity index (χ4n) is 1.01. The van der Waals surface area contributed by atoms with Crippen LogP contribution in [0.15, 0.2) is 24.3 Å². The Bertz CT molecular complexity index is 263. The van der Waals surface area contributed by atoms with Crippen molar-refractivity contribution >= 4 is 22.6 Å². The molecule has 1 aromatic rings. The van der Waals surface area contributed by atoms with Crippen LogP contribution in [0.1, 0.15) is 11.7 Å². The first-order valence-corrected chi connectivity index (χ1v) is 5.04. The number of rotatable bonds is 3. The molecular weight excluding hydrogens is 281 g/mol. The molecular formula is C9H12INO2. The van der Waals surface area contributed by atoms with Gasteiger partial charge in [0, 0.05) is 10.1 Å². The smallest absolute Gasteiger partial charge is 0.106 e. The van der Waals surface area contributed by atoms with Crippen molar-refractivity contribution in [2.45, 2.75) is 12.2 Å². The lowest BCUT2D eigenvalue weighted by molar-refractivity contribution is 0.0243. The lowest BCUT2D eigenvalue weighted by Gasteiger charge is -2.16. The van der Waals surface area contributed by atoms with E-state index in [2.05, 4.69) is 22.6 Å². The van der Waals surface area contributed by atoms with Crippen molar-refractivity contribution in [1.29, 1.82) is 0 Å². The second-order valence-corrected chi connectivity index (χ2v) is 4.05. The van der Waals surface area contributed by atoms with Gasteiger partial charge in [-0.1, -0.05) is 12.1 Å². The molecule has 0 saturated heterocycles. The van der Waals surface area contributed by atoms with E-state index in [1.807, 2.05) is 12.1 Å². The normalized spacial score (nSPS) is 15.4. The zero-order valence-corrected chi connectivity index (χ0v) is 9.18. The lowest BCUT2D eigenvalue weighted by Crippen LogP contribution is -2.27. The monoisotopic (exact) mass is 293 g/mol. The van der Waals surface area contributed by atoms with E-state index in [0.29, 0.717) is 5.56 Å². The molecule has 4 N–H and O–H groups in total. The molecule has 0 aliphatic heterocycles. The van der Waals surface area contributed by atoms with Crippen LogP contribution >= 0.6 is 22.6 Å². The van der Waals surface area contributed by atoms with E-state index >= 15 is 0 Å². The van der Waals surface area contributed by atoms with Gasteiger partial charge in [0.05, 0.1) is 6.10 Å². The number of hydrogen-bond acceptors (Lipinski definition) is 3. The van der Waals surface area contributed by atoms with E-state index in [-0.39, 0.29) is 6.54 Å². The fourth-order valence-corrected chi connectivity index (χ4v) is 1.37. The zero-order valence-electron chi connectivity index (χ0n) is 7.02. The third-order valence-electron chi connectivity index (χ3n) is 1.82. The Morgan fingerprint density at radius 3 is 2.23 bits per heavy atom. The van der Waals surface area contributed by atoms with Crippen molar-refractivity contribution < 1.29 is 10.2 Å². The van der Waals surface area contributed by atoms with E-state index < -0.39 is 12.2 Å². The first-order chi connectivity index (χ1) is 6.15. The standard InChI is InChI=1S/C9H12INO2/c10-7-3-1-6(2-4-7)9(13)8(12)5-11/h1-4,8-9,12-13H,5,11H2. The highest BCUT2D eigenvalue weighted by atomic mass is 127. The quantitative estimate of drug-likeness (QED) is 0.717. The zero-order chi connectivity index (χ0) is 9.84. The number of hydrogen-bond donors (Lipinski definition) is 3. The molecule has 72 valence electrons. The van der Waals surface area contributed by atoms with Crippen molar-refractivity contribution in [3.63, 3.8) is 0 Å². The summed E-state index contributed by atoms with van der Waals surface area (Å²) in [6.07, 6.45) is -1.78. The van der Waals surface area contributed by atoms with Crippen molar-refractivity contribution in [1.82, 2.24) is 0 Å². The van der Waals surface area contributed by atoms with Crippen molar-refractivity contribution in [2.75, 3.05) is 6.54 Å². The summed E-state index contributed by atoms with van der Waals surface area (Å²) in [5.74, 6) is 0. The highest BCUT2D eigenvalue weighted by Gasteiger charge is 2.15. The summed E-state index contributed by atoms with van der Waals surface area (Å²) >= 11 is 2.18. The van der Waals surface area contributed by atoms with E-state index in [4.69, 9.17) is 5.73 Å². The number of benzene rings is 1. The Morgan fingerprint density at radius 1 is 1.23 bits per heavy atom. The van der Waals surface area contributed by atoms with Gasteiger partial charge >= 0.3 is 0 Å². The Balaban J connectivity index is 2.77. The Labute approximate surface area is 90.7 Å². The van der Waals surface area contributed by atoms with Crippen LogP contribution in [0.5, 0.6) is 0 Å². The first kappa shape index (κ1) is 10.9. The summed E-state index contributed by atoms with van der Waals surface area (Å²) in [7, 11) is 0. The molecule has 2 atom stereocenters. The minimum absolute atomic E-state index is 0.0627. The van der Waals surface area contributed by atoms with Gasteiger partial charge < -0.3 is 15.9 Å². The third-order valence-corrected chi connectivity index (χ3v) is 2.54. The second kappa shape index (κ2) is 4.90.